The van der Waals surface area contributed by atoms with Gasteiger partial charge in [0.15, 0.2) is 5.16 Å². The summed E-state index contributed by atoms with van der Waals surface area (Å²) >= 11 is 1.45. The molecule has 2 aromatic heterocycles. The molecule has 0 bridgehead atoms. The van der Waals surface area contributed by atoms with Crippen molar-refractivity contribution in [3.63, 3.8) is 0 Å². The fraction of sp³-hybridized carbons (Fsp3) is 0.154. The van der Waals surface area contributed by atoms with Crippen molar-refractivity contribution in [3.05, 3.63) is 35.7 Å². The van der Waals surface area contributed by atoms with Crippen molar-refractivity contribution in [1.29, 1.82) is 0 Å². The van der Waals surface area contributed by atoms with Gasteiger partial charge in [-0.25, -0.2) is 20.8 Å². The van der Waals surface area contributed by atoms with E-state index in [0.29, 0.717) is 11.6 Å². The van der Waals surface area contributed by atoms with Gasteiger partial charge in [0.1, 0.15) is 16.7 Å². The number of aromatic nitrogens is 4. The highest BCUT2D eigenvalue weighted by molar-refractivity contribution is 7.99. The van der Waals surface area contributed by atoms with E-state index in [-0.39, 0.29) is 0 Å². The van der Waals surface area contributed by atoms with Gasteiger partial charge in [-0.15, -0.1) is 0 Å². The molecule has 7 heteroatoms. The van der Waals surface area contributed by atoms with Gasteiger partial charge in [0.2, 0.25) is 0 Å². The number of nitrogens with one attached hydrogen (secondary N) is 2. The predicted molar refractivity (Wildman–Crippen MR) is 79.5 cm³/mol. The van der Waals surface area contributed by atoms with Crippen LogP contribution in [0.2, 0.25) is 0 Å². The van der Waals surface area contributed by atoms with Gasteiger partial charge in [-0.3, -0.25) is 0 Å². The zero-order chi connectivity index (χ0) is 14.1. The number of fused-ring (bicyclic) bond motifs is 1. The Labute approximate surface area is 120 Å². The number of anilines is 1. The molecule has 0 aliphatic rings. The lowest BCUT2D eigenvalue weighted by molar-refractivity contribution is 0.957. The van der Waals surface area contributed by atoms with Gasteiger partial charge in [0.25, 0.3) is 0 Å². The fourth-order valence-electron chi connectivity index (χ4n) is 1.91. The topological polar surface area (TPSA) is 92.5 Å². The highest BCUT2D eigenvalue weighted by atomic mass is 32.2. The molecule has 2 heterocycles. The smallest absolute Gasteiger partial charge is 0.172 e. The quantitative estimate of drug-likeness (QED) is 0.389. The molecule has 1 aromatic carbocycles. The number of nitrogen functional groups attached to an aromatic ring is 1. The van der Waals surface area contributed by atoms with Crippen LogP contribution in [-0.2, 0) is 0 Å². The Bertz CT molecular complexity index is 767. The Balaban J connectivity index is 1.94. The van der Waals surface area contributed by atoms with E-state index in [0.717, 1.165) is 21.2 Å². The van der Waals surface area contributed by atoms with Crippen LogP contribution in [0.25, 0.3) is 11.0 Å². The van der Waals surface area contributed by atoms with E-state index in [1.54, 1.807) is 6.07 Å². The lowest BCUT2D eigenvalue weighted by Crippen LogP contribution is -2.09. The largest absolute Gasteiger partial charge is 0.333 e. The molecule has 0 aliphatic heterocycles. The third kappa shape index (κ3) is 2.59. The molecular weight excluding hydrogens is 272 g/mol. The first kappa shape index (κ1) is 12.9. The number of nitrogens with zero attached hydrogens (tertiary/aromatic N) is 3. The molecule has 0 saturated heterocycles. The minimum Gasteiger partial charge on any atom is -0.333 e. The molecule has 0 spiro atoms. The molecule has 0 saturated carbocycles. The summed E-state index contributed by atoms with van der Waals surface area (Å²) in [6, 6.07) is 7.91. The molecule has 0 atom stereocenters. The van der Waals surface area contributed by atoms with Crippen LogP contribution in [0.15, 0.2) is 34.4 Å². The van der Waals surface area contributed by atoms with E-state index in [2.05, 4.69) is 38.4 Å². The van der Waals surface area contributed by atoms with Crippen molar-refractivity contribution in [2.45, 2.75) is 24.0 Å². The predicted octanol–water partition coefficient (Wildman–Crippen LogP) is 2.41. The monoisotopic (exact) mass is 286 g/mol. The maximum atomic E-state index is 5.39. The number of H-pyrrole nitrogens is 1. The van der Waals surface area contributed by atoms with Gasteiger partial charge >= 0.3 is 0 Å². The second-order valence-corrected chi connectivity index (χ2v) is 5.46. The van der Waals surface area contributed by atoms with Gasteiger partial charge in [0.05, 0.1) is 11.0 Å². The van der Waals surface area contributed by atoms with E-state index in [1.165, 1.54) is 17.3 Å². The van der Waals surface area contributed by atoms with Crippen LogP contribution in [0.1, 0.15) is 11.4 Å². The Morgan fingerprint density at radius 3 is 2.80 bits per heavy atom. The summed E-state index contributed by atoms with van der Waals surface area (Å²) in [6.07, 6.45) is 0. The molecule has 0 unspecified atom stereocenters. The molecule has 3 aromatic rings. The Morgan fingerprint density at radius 2 is 2.00 bits per heavy atom. The standard InChI is InChI=1S/C13H14N6S/c1-7-3-4-9-10(5-7)18-13(17-9)20-12-6-11(19-14)15-8(2)16-12/h3-6H,14H2,1-2H3,(H,17,18)(H,15,16,19). The summed E-state index contributed by atoms with van der Waals surface area (Å²) in [5, 5.41) is 1.59. The molecular formula is C13H14N6S. The molecule has 20 heavy (non-hydrogen) atoms. The average Bonchev–Trinajstić information content (AvgIpc) is 2.79. The maximum absolute atomic E-state index is 5.39. The fourth-order valence-corrected chi connectivity index (χ4v) is 2.77. The van der Waals surface area contributed by atoms with Gasteiger partial charge in [-0.2, -0.15) is 0 Å². The van der Waals surface area contributed by atoms with Crippen molar-refractivity contribution >= 4 is 28.6 Å². The Morgan fingerprint density at radius 1 is 1.15 bits per heavy atom. The number of aromatic amines is 1. The summed E-state index contributed by atoms with van der Waals surface area (Å²) in [5.41, 5.74) is 5.70. The van der Waals surface area contributed by atoms with Crippen LogP contribution in [0.4, 0.5) is 5.82 Å². The summed E-state index contributed by atoms with van der Waals surface area (Å²) in [5.74, 6) is 6.64. The van der Waals surface area contributed by atoms with Crippen LogP contribution in [0, 0.1) is 13.8 Å². The van der Waals surface area contributed by atoms with E-state index in [1.807, 2.05) is 19.1 Å². The number of rotatable bonds is 3. The van der Waals surface area contributed by atoms with Gasteiger partial charge in [-0.1, -0.05) is 6.07 Å². The third-order valence-electron chi connectivity index (χ3n) is 2.78. The minimum absolute atomic E-state index is 0.590. The average molecular weight is 286 g/mol. The molecule has 0 amide bonds. The lowest BCUT2D eigenvalue weighted by atomic mass is 10.2. The first-order valence-electron chi connectivity index (χ1n) is 6.10. The SMILES string of the molecule is Cc1ccc2nc(Sc3cc(NN)nc(C)n3)[nH]c2c1. The van der Waals surface area contributed by atoms with Crippen LogP contribution < -0.4 is 11.3 Å². The zero-order valence-corrected chi connectivity index (χ0v) is 12.0. The molecule has 0 fully saturated rings. The van der Waals surface area contributed by atoms with Crippen LogP contribution in [0.5, 0.6) is 0 Å². The van der Waals surface area contributed by atoms with E-state index in [9.17, 15) is 0 Å². The second-order valence-electron chi connectivity index (χ2n) is 4.45. The summed E-state index contributed by atoms with van der Waals surface area (Å²) < 4.78 is 0. The highest BCUT2D eigenvalue weighted by Crippen LogP contribution is 2.27. The summed E-state index contributed by atoms with van der Waals surface area (Å²) in [6.45, 7) is 3.88. The first-order valence-corrected chi connectivity index (χ1v) is 6.92. The van der Waals surface area contributed by atoms with Gasteiger partial charge < -0.3 is 10.4 Å². The number of nitrogens with two attached hydrogens (primary N) is 1. The molecule has 4 N–H and O–H groups in total. The van der Waals surface area contributed by atoms with Crippen LogP contribution in [0.3, 0.4) is 0 Å². The van der Waals surface area contributed by atoms with Crippen molar-refractivity contribution in [2.24, 2.45) is 5.84 Å². The number of aryl methyl sites for hydroxylation is 2. The zero-order valence-electron chi connectivity index (χ0n) is 11.1. The highest BCUT2D eigenvalue weighted by Gasteiger charge is 2.08. The van der Waals surface area contributed by atoms with E-state index >= 15 is 0 Å². The molecule has 102 valence electrons. The normalized spacial score (nSPS) is 10.9. The van der Waals surface area contributed by atoms with Crippen molar-refractivity contribution < 1.29 is 0 Å². The van der Waals surface area contributed by atoms with Crippen molar-refractivity contribution in [1.82, 2.24) is 19.9 Å². The minimum atomic E-state index is 0.590. The number of benzene rings is 1. The van der Waals surface area contributed by atoms with Crippen molar-refractivity contribution in [3.8, 4) is 0 Å². The number of hydrazine groups is 1. The molecule has 0 aliphatic carbocycles. The summed E-state index contributed by atoms with van der Waals surface area (Å²) in [4.78, 5) is 16.3. The van der Waals surface area contributed by atoms with Crippen LogP contribution >= 0.6 is 11.8 Å². The van der Waals surface area contributed by atoms with Crippen molar-refractivity contribution in [2.75, 3.05) is 5.43 Å². The van der Waals surface area contributed by atoms with Gasteiger partial charge in [0, 0.05) is 6.07 Å². The van der Waals surface area contributed by atoms with E-state index < -0.39 is 0 Å². The number of hydrogen-bond donors (Lipinski definition) is 3. The molecule has 6 nitrogen and oxygen atoms in total. The second kappa shape index (κ2) is 5.10. The number of imidazole rings is 1. The molecule has 3 rings (SSSR count). The first-order chi connectivity index (χ1) is 9.64. The Hall–Kier alpha value is -2.12. The van der Waals surface area contributed by atoms with Gasteiger partial charge in [-0.05, 0) is 43.3 Å². The molecule has 0 radical (unpaired) electrons. The summed E-state index contributed by atoms with van der Waals surface area (Å²) in [7, 11) is 0. The van der Waals surface area contributed by atoms with Crippen LogP contribution in [-0.4, -0.2) is 19.9 Å². The lowest BCUT2D eigenvalue weighted by Gasteiger charge is -2.03. The maximum Gasteiger partial charge on any atom is 0.172 e. The van der Waals surface area contributed by atoms with E-state index in [4.69, 9.17) is 5.84 Å². The Kier molecular flexibility index (Phi) is 3.29. The third-order valence-corrected chi connectivity index (χ3v) is 3.58. The number of hydrogen-bond acceptors (Lipinski definition) is 6.